The summed E-state index contributed by atoms with van der Waals surface area (Å²) in [5.74, 6) is 5.31. The lowest BCUT2D eigenvalue weighted by atomic mass is 9.95. The molecule has 0 aromatic heterocycles. The fourth-order valence-corrected chi connectivity index (χ4v) is 1.36. The summed E-state index contributed by atoms with van der Waals surface area (Å²) in [6.07, 6.45) is 7.46. The Balaban J connectivity index is 2.44. The van der Waals surface area contributed by atoms with Crippen LogP contribution in [0.3, 0.4) is 0 Å². The molecule has 0 radical (unpaired) electrons. The lowest BCUT2D eigenvalue weighted by molar-refractivity contribution is 0.577. The molecule has 58 valence electrons. The third-order valence-electron chi connectivity index (χ3n) is 2.13. The van der Waals surface area contributed by atoms with E-state index in [0.29, 0.717) is 6.04 Å². The molecule has 0 saturated heterocycles. The Kier molecular flexibility index (Phi) is 2.90. The zero-order valence-corrected chi connectivity index (χ0v) is 6.56. The molecule has 0 aromatic carbocycles. The minimum absolute atomic E-state index is 0.375. The van der Waals surface area contributed by atoms with Gasteiger partial charge in [0.15, 0.2) is 0 Å². The van der Waals surface area contributed by atoms with E-state index in [4.69, 9.17) is 5.84 Å². The molecule has 1 aliphatic rings. The molecule has 3 N–H and O–H groups in total. The van der Waals surface area contributed by atoms with Gasteiger partial charge in [-0.3, -0.25) is 11.3 Å². The second kappa shape index (κ2) is 3.74. The van der Waals surface area contributed by atoms with Crippen LogP contribution in [0.15, 0.2) is 11.6 Å². The molecule has 0 spiro atoms. The van der Waals surface area contributed by atoms with Crippen LogP contribution >= 0.6 is 0 Å². The van der Waals surface area contributed by atoms with E-state index in [2.05, 4.69) is 18.4 Å². The lowest BCUT2D eigenvalue weighted by Gasteiger charge is -2.18. The van der Waals surface area contributed by atoms with Crippen molar-refractivity contribution in [2.45, 2.75) is 38.6 Å². The van der Waals surface area contributed by atoms with Crippen LogP contribution in [0.1, 0.15) is 32.6 Å². The molecule has 0 aromatic rings. The maximum absolute atomic E-state index is 5.31. The molecule has 10 heavy (non-hydrogen) atoms. The van der Waals surface area contributed by atoms with E-state index in [1.54, 1.807) is 0 Å². The van der Waals surface area contributed by atoms with Crippen molar-refractivity contribution in [3.8, 4) is 0 Å². The SMILES string of the molecule is CC(NN)C1=CCCCC1. The van der Waals surface area contributed by atoms with E-state index in [-0.39, 0.29) is 0 Å². The van der Waals surface area contributed by atoms with Crippen LogP contribution in [0, 0.1) is 0 Å². The van der Waals surface area contributed by atoms with Crippen LogP contribution in [-0.4, -0.2) is 6.04 Å². The number of hydrazine groups is 1. The van der Waals surface area contributed by atoms with Crippen LogP contribution in [-0.2, 0) is 0 Å². The molecule has 0 aliphatic heterocycles. The third-order valence-corrected chi connectivity index (χ3v) is 2.13. The van der Waals surface area contributed by atoms with Gasteiger partial charge in [-0.1, -0.05) is 11.6 Å². The highest BCUT2D eigenvalue weighted by Crippen LogP contribution is 2.19. The molecule has 0 saturated carbocycles. The Labute approximate surface area is 62.5 Å². The van der Waals surface area contributed by atoms with Gasteiger partial charge in [0.1, 0.15) is 0 Å². The Hall–Kier alpha value is -0.340. The van der Waals surface area contributed by atoms with Crippen LogP contribution in [0.25, 0.3) is 0 Å². The first-order valence-corrected chi connectivity index (χ1v) is 3.99. The van der Waals surface area contributed by atoms with Gasteiger partial charge < -0.3 is 0 Å². The Morgan fingerprint density at radius 1 is 1.60 bits per heavy atom. The maximum Gasteiger partial charge on any atom is 0.0391 e. The van der Waals surface area contributed by atoms with Crippen LogP contribution in [0.5, 0.6) is 0 Å². The van der Waals surface area contributed by atoms with Crippen LogP contribution in [0.4, 0.5) is 0 Å². The summed E-state index contributed by atoms with van der Waals surface area (Å²) >= 11 is 0. The molecule has 0 fully saturated rings. The highest BCUT2D eigenvalue weighted by molar-refractivity contribution is 5.11. The second-order valence-electron chi connectivity index (χ2n) is 2.91. The Morgan fingerprint density at radius 2 is 2.40 bits per heavy atom. The van der Waals surface area contributed by atoms with E-state index in [0.717, 1.165) is 0 Å². The number of nitrogens with two attached hydrogens (primary N) is 1. The van der Waals surface area contributed by atoms with Gasteiger partial charge in [-0.25, -0.2) is 0 Å². The monoisotopic (exact) mass is 140 g/mol. The number of hydrogen-bond donors (Lipinski definition) is 2. The molecule has 1 rings (SSSR count). The fourth-order valence-electron chi connectivity index (χ4n) is 1.36. The van der Waals surface area contributed by atoms with Gasteiger partial charge in [-0.15, -0.1) is 0 Å². The summed E-state index contributed by atoms with van der Waals surface area (Å²) in [4.78, 5) is 0. The van der Waals surface area contributed by atoms with Crippen molar-refractivity contribution in [3.63, 3.8) is 0 Å². The third kappa shape index (κ3) is 1.82. The van der Waals surface area contributed by atoms with Crippen molar-refractivity contribution in [1.29, 1.82) is 0 Å². The lowest BCUT2D eigenvalue weighted by Crippen LogP contribution is -2.34. The minimum Gasteiger partial charge on any atom is -0.271 e. The zero-order valence-electron chi connectivity index (χ0n) is 6.56. The molecule has 0 amide bonds. The predicted molar refractivity (Wildman–Crippen MR) is 43.3 cm³/mol. The molecule has 2 heteroatoms. The van der Waals surface area contributed by atoms with E-state index < -0.39 is 0 Å². The maximum atomic E-state index is 5.31. The second-order valence-corrected chi connectivity index (χ2v) is 2.91. The van der Waals surface area contributed by atoms with Gasteiger partial charge in [0.05, 0.1) is 0 Å². The summed E-state index contributed by atoms with van der Waals surface area (Å²) in [6, 6.07) is 0.375. The molecule has 0 bridgehead atoms. The smallest absolute Gasteiger partial charge is 0.0391 e. The highest BCUT2D eigenvalue weighted by atomic mass is 15.2. The van der Waals surface area contributed by atoms with Crippen molar-refractivity contribution in [1.82, 2.24) is 5.43 Å². The average molecular weight is 140 g/mol. The fraction of sp³-hybridized carbons (Fsp3) is 0.750. The summed E-state index contributed by atoms with van der Waals surface area (Å²) in [7, 11) is 0. The normalized spacial score (nSPS) is 22.0. The van der Waals surface area contributed by atoms with Crippen LogP contribution in [0.2, 0.25) is 0 Å². The Morgan fingerprint density at radius 3 is 2.90 bits per heavy atom. The van der Waals surface area contributed by atoms with Crippen molar-refractivity contribution in [2.24, 2.45) is 5.84 Å². The van der Waals surface area contributed by atoms with E-state index >= 15 is 0 Å². The highest BCUT2D eigenvalue weighted by Gasteiger charge is 2.08. The Bertz CT molecular complexity index is 129. The quantitative estimate of drug-likeness (QED) is 0.345. The first kappa shape index (κ1) is 7.76. The summed E-state index contributed by atoms with van der Waals surface area (Å²) in [5, 5.41) is 0. The molecule has 2 nitrogen and oxygen atoms in total. The van der Waals surface area contributed by atoms with E-state index in [1.165, 1.54) is 31.3 Å². The standard InChI is InChI=1S/C8H16N2/c1-7(10-9)8-5-3-2-4-6-8/h5,7,10H,2-4,6,9H2,1H3. The average Bonchev–Trinajstić information content (AvgIpc) is 2.05. The predicted octanol–water partition coefficient (Wildman–Crippen LogP) is 1.34. The van der Waals surface area contributed by atoms with Gasteiger partial charge in [0.2, 0.25) is 0 Å². The van der Waals surface area contributed by atoms with E-state index in [9.17, 15) is 0 Å². The van der Waals surface area contributed by atoms with Crippen LogP contribution < -0.4 is 11.3 Å². The van der Waals surface area contributed by atoms with Gasteiger partial charge in [-0.05, 0) is 32.6 Å². The van der Waals surface area contributed by atoms with Crippen molar-refractivity contribution in [3.05, 3.63) is 11.6 Å². The molecule has 1 aliphatic carbocycles. The van der Waals surface area contributed by atoms with Crippen molar-refractivity contribution < 1.29 is 0 Å². The summed E-state index contributed by atoms with van der Waals surface area (Å²) in [5.41, 5.74) is 4.25. The number of nitrogens with one attached hydrogen (secondary N) is 1. The van der Waals surface area contributed by atoms with Crippen molar-refractivity contribution >= 4 is 0 Å². The molecule has 1 unspecified atom stereocenters. The number of hydrogen-bond acceptors (Lipinski definition) is 2. The zero-order chi connectivity index (χ0) is 7.40. The van der Waals surface area contributed by atoms with Crippen molar-refractivity contribution in [2.75, 3.05) is 0 Å². The minimum atomic E-state index is 0.375. The van der Waals surface area contributed by atoms with Gasteiger partial charge in [0, 0.05) is 6.04 Å². The molecular formula is C8H16N2. The first-order chi connectivity index (χ1) is 4.84. The number of allylic oxidation sites excluding steroid dienone is 1. The first-order valence-electron chi connectivity index (χ1n) is 3.99. The number of rotatable bonds is 2. The molecule has 1 atom stereocenters. The van der Waals surface area contributed by atoms with Gasteiger partial charge >= 0.3 is 0 Å². The molecule has 0 heterocycles. The van der Waals surface area contributed by atoms with Gasteiger partial charge in [0.25, 0.3) is 0 Å². The summed E-state index contributed by atoms with van der Waals surface area (Å²) in [6.45, 7) is 2.11. The summed E-state index contributed by atoms with van der Waals surface area (Å²) < 4.78 is 0. The topological polar surface area (TPSA) is 38.0 Å². The molecular weight excluding hydrogens is 124 g/mol. The van der Waals surface area contributed by atoms with Gasteiger partial charge in [-0.2, -0.15) is 0 Å². The van der Waals surface area contributed by atoms with E-state index in [1.807, 2.05) is 0 Å². The largest absolute Gasteiger partial charge is 0.271 e.